The van der Waals surface area contributed by atoms with Crippen LogP contribution in [-0.4, -0.2) is 15.6 Å². The van der Waals surface area contributed by atoms with Gasteiger partial charge in [-0.3, -0.25) is 4.79 Å². The minimum Gasteiger partial charge on any atom is -0.481 e. The van der Waals surface area contributed by atoms with Crippen molar-refractivity contribution in [1.29, 1.82) is 0 Å². The predicted molar refractivity (Wildman–Crippen MR) is 68.4 cm³/mol. The molecule has 0 aliphatic heterocycles. The van der Waals surface area contributed by atoms with Crippen molar-refractivity contribution in [3.8, 4) is 0 Å². The molecule has 0 saturated carbocycles. The van der Waals surface area contributed by atoms with Gasteiger partial charge in [0.05, 0.1) is 11.9 Å². The van der Waals surface area contributed by atoms with Crippen LogP contribution in [0.25, 0.3) is 10.9 Å². The van der Waals surface area contributed by atoms with Crippen molar-refractivity contribution in [2.45, 2.75) is 33.7 Å². The van der Waals surface area contributed by atoms with Gasteiger partial charge in [0.15, 0.2) is 0 Å². The molecule has 1 N–H and O–H groups in total. The Labute approximate surface area is 101 Å². The molecule has 2 rings (SSSR count). The van der Waals surface area contributed by atoms with E-state index in [1.54, 1.807) is 0 Å². The highest BCUT2D eigenvalue weighted by Gasteiger charge is 2.09. The quantitative estimate of drug-likeness (QED) is 0.882. The van der Waals surface area contributed by atoms with Crippen LogP contribution in [0.3, 0.4) is 0 Å². The number of nitrogens with zero attached hydrogens (tertiary/aromatic N) is 1. The lowest BCUT2D eigenvalue weighted by atomic mass is 10.1. The van der Waals surface area contributed by atoms with Crippen LogP contribution >= 0.6 is 0 Å². The van der Waals surface area contributed by atoms with Gasteiger partial charge in [-0.05, 0) is 38.5 Å². The van der Waals surface area contributed by atoms with Crippen LogP contribution < -0.4 is 0 Å². The Morgan fingerprint density at radius 3 is 2.59 bits per heavy atom. The molecule has 0 fully saturated rings. The van der Waals surface area contributed by atoms with E-state index in [0.29, 0.717) is 6.54 Å². The largest absolute Gasteiger partial charge is 0.481 e. The normalized spacial score (nSPS) is 11.0. The molecule has 1 aromatic carbocycles. The van der Waals surface area contributed by atoms with E-state index in [1.165, 1.54) is 16.5 Å². The standard InChI is InChI=1S/C14H17NO2/c1-9-6-10(2)14-12(7-9)8-11(3)15(14)5-4-13(16)17/h6-8H,4-5H2,1-3H3,(H,16,17). The average molecular weight is 231 g/mol. The number of hydrogen-bond acceptors (Lipinski definition) is 1. The van der Waals surface area contributed by atoms with Crippen molar-refractivity contribution < 1.29 is 9.90 Å². The van der Waals surface area contributed by atoms with Gasteiger partial charge in [0.2, 0.25) is 0 Å². The van der Waals surface area contributed by atoms with Crippen LogP contribution in [0.1, 0.15) is 23.2 Å². The summed E-state index contributed by atoms with van der Waals surface area (Å²) < 4.78 is 2.10. The fraction of sp³-hybridized carbons (Fsp3) is 0.357. The van der Waals surface area contributed by atoms with E-state index in [0.717, 1.165) is 11.2 Å². The molecule has 0 saturated heterocycles. The second-order valence-corrected chi connectivity index (χ2v) is 4.60. The first-order chi connectivity index (χ1) is 7.99. The van der Waals surface area contributed by atoms with Gasteiger partial charge in [-0.1, -0.05) is 11.6 Å². The first kappa shape index (κ1) is 11.7. The molecule has 0 amide bonds. The summed E-state index contributed by atoms with van der Waals surface area (Å²) in [6, 6.07) is 6.41. The Morgan fingerprint density at radius 1 is 1.24 bits per heavy atom. The molecular weight excluding hydrogens is 214 g/mol. The fourth-order valence-corrected chi connectivity index (χ4v) is 2.45. The highest BCUT2D eigenvalue weighted by Crippen LogP contribution is 2.24. The topological polar surface area (TPSA) is 42.2 Å². The summed E-state index contributed by atoms with van der Waals surface area (Å²) in [7, 11) is 0. The lowest BCUT2D eigenvalue weighted by Gasteiger charge is -2.09. The molecule has 17 heavy (non-hydrogen) atoms. The Kier molecular flexibility index (Phi) is 2.92. The summed E-state index contributed by atoms with van der Waals surface area (Å²) >= 11 is 0. The highest BCUT2D eigenvalue weighted by atomic mass is 16.4. The number of carbonyl (C=O) groups is 1. The zero-order valence-corrected chi connectivity index (χ0v) is 10.4. The lowest BCUT2D eigenvalue weighted by Crippen LogP contribution is -2.06. The number of hydrogen-bond donors (Lipinski definition) is 1. The van der Waals surface area contributed by atoms with Gasteiger partial charge < -0.3 is 9.67 Å². The number of carboxylic acids is 1. The molecule has 3 heteroatoms. The molecule has 0 radical (unpaired) electrons. The molecule has 2 aromatic rings. The van der Waals surface area contributed by atoms with Crippen LogP contribution in [0, 0.1) is 20.8 Å². The molecule has 0 aliphatic rings. The summed E-state index contributed by atoms with van der Waals surface area (Å²) in [4.78, 5) is 10.7. The molecule has 0 unspecified atom stereocenters. The first-order valence-corrected chi connectivity index (χ1v) is 5.78. The molecular formula is C14H17NO2. The number of aliphatic carboxylic acids is 1. The van der Waals surface area contributed by atoms with E-state index in [2.05, 4.69) is 36.6 Å². The molecule has 3 nitrogen and oxygen atoms in total. The van der Waals surface area contributed by atoms with Crippen molar-refractivity contribution in [3.05, 3.63) is 35.0 Å². The number of fused-ring (bicyclic) bond motifs is 1. The summed E-state index contributed by atoms with van der Waals surface area (Å²) in [5.41, 5.74) is 4.73. The second kappa shape index (κ2) is 4.24. The van der Waals surface area contributed by atoms with Gasteiger partial charge in [-0.25, -0.2) is 0 Å². The van der Waals surface area contributed by atoms with Gasteiger partial charge in [0.25, 0.3) is 0 Å². The van der Waals surface area contributed by atoms with Gasteiger partial charge >= 0.3 is 5.97 Å². The Balaban J connectivity index is 2.54. The van der Waals surface area contributed by atoms with Crippen molar-refractivity contribution in [1.82, 2.24) is 4.57 Å². The Morgan fingerprint density at radius 2 is 1.94 bits per heavy atom. The van der Waals surface area contributed by atoms with Crippen LogP contribution in [0.5, 0.6) is 0 Å². The predicted octanol–water partition coefficient (Wildman–Crippen LogP) is 3.04. The summed E-state index contributed by atoms with van der Waals surface area (Å²) in [6.45, 7) is 6.72. The number of benzene rings is 1. The van der Waals surface area contributed by atoms with Crippen molar-refractivity contribution >= 4 is 16.9 Å². The number of carboxylic acid groups (broad SMARTS) is 1. The van der Waals surface area contributed by atoms with E-state index in [1.807, 2.05) is 6.92 Å². The first-order valence-electron chi connectivity index (χ1n) is 5.78. The number of aryl methyl sites for hydroxylation is 4. The van der Waals surface area contributed by atoms with Crippen LogP contribution in [0.4, 0.5) is 0 Å². The highest BCUT2D eigenvalue weighted by molar-refractivity contribution is 5.85. The number of rotatable bonds is 3. The minimum atomic E-state index is -0.754. The van der Waals surface area contributed by atoms with Gasteiger partial charge in [0.1, 0.15) is 0 Å². The van der Waals surface area contributed by atoms with E-state index in [9.17, 15) is 4.79 Å². The summed E-state index contributed by atoms with van der Waals surface area (Å²) in [5.74, 6) is -0.754. The smallest absolute Gasteiger partial charge is 0.305 e. The third kappa shape index (κ3) is 2.18. The maximum atomic E-state index is 10.7. The van der Waals surface area contributed by atoms with Crippen LogP contribution in [-0.2, 0) is 11.3 Å². The zero-order chi connectivity index (χ0) is 12.6. The van der Waals surface area contributed by atoms with Crippen LogP contribution in [0.2, 0.25) is 0 Å². The molecule has 1 heterocycles. The van der Waals surface area contributed by atoms with E-state index in [-0.39, 0.29) is 6.42 Å². The third-order valence-corrected chi connectivity index (χ3v) is 3.08. The van der Waals surface area contributed by atoms with Crippen molar-refractivity contribution in [2.24, 2.45) is 0 Å². The van der Waals surface area contributed by atoms with E-state index in [4.69, 9.17) is 5.11 Å². The minimum absolute atomic E-state index is 0.165. The van der Waals surface area contributed by atoms with Crippen molar-refractivity contribution in [3.63, 3.8) is 0 Å². The molecule has 90 valence electrons. The summed E-state index contributed by atoms with van der Waals surface area (Å²) in [6.07, 6.45) is 0.165. The molecule has 0 atom stereocenters. The Hall–Kier alpha value is -1.77. The lowest BCUT2D eigenvalue weighted by molar-refractivity contribution is -0.137. The molecule has 1 aromatic heterocycles. The monoisotopic (exact) mass is 231 g/mol. The molecule has 0 bridgehead atoms. The maximum absolute atomic E-state index is 10.7. The molecule has 0 spiro atoms. The Bertz CT molecular complexity index is 581. The maximum Gasteiger partial charge on any atom is 0.305 e. The molecule has 0 aliphatic carbocycles. The number of aromatic nitrogens is 1. The summed E-state index contributed by atoms with van der Waals surface area (Å²) in [5, 5.41) is 9.97. The van der Waals surface area contributed by atoms with E-state index < -0.39 is 5.97 Å². The van der Waals surface area contributed by atoms with E-state index >= 15 is 0 Å². The van der Waals surface area contributed by atoms with Gasteiger partial charge in [-0.2, -0.15) is 0 Å². The van der Waals surface area contributed by atoms with Crippen LogP contribution in [0.15, 0.2) is 18.2 Å². The third-order valence-electron chi connectivity index (χ3n) is 3.08. The van der Waals surface area contributed by atoms with Gasteiger partial charge in [-0.15, -0.1) is 0 Å². The second-order valence-electron chi connectivity index (χ2n) is 4.60. The SMILES string of the molecule is Cc1cc(C)c2c(c1)cc(C)n2CCC(=O)O. The van der Waals surface area contributed by atoms with Crippen molar-refractivity contribution in [2.75, 3.05) is 0 Å². The average Bonchev–Trinajstić information content (AvgIpc) is 2.51. The van der Waals surface area contributed by atoms with Gasteiger partial charge in [0, 0.05) is 17.6 Å². The fourth-order valence-electron chi connectivity index (χ4n) is 2.45. The zero-order valence-electron chi connectivity index (χ0n) is 10.4.